The van der Waals surface area contributed by atoms with Crippen LogP contribution in [0.25, 0.3) is 11.0 Å². The maximum Gasteiger partial charge on any atom is 0.349 e. The van der Waals surface area contributed by atoms with Crippen molar-refractivity contribution in [3.05, 3.63) is 44.2 Å². The van der Waals surface area contributed by atoms with Gasteiger partial charge in [-0.05, 0) is 30.7 Å². The van der Waals surface area contributed by atoms with E-state index in [1.165, 1.54) is 18.9 Å². The molecule has 6 nitrogen and oxygen atoms in total. The van der Waals surface area contributed by atoms with Gasteiger partial charge in [0.15, 0.2) is 0 Å². The lowest BCUT2D eigenvalue weighted by molar-refractivity contribution is -0.141. The molecule has 0 saturated carbocycles. The van der Waals surface area contributed by atoms with E-state index in [1.54, 1.807) is 25.1 Å². The molecule has 0 spiro atoms. The van der Waals surface area contributed by atoms with Gasteiger partial charge in [0.25, 0.3) is 5.91 Å². The zero-order valence-corrected chi connectivity index (χ0v) is 14.5. The Hall–Kier alpha value is -2.15. The summed E-state index contributed by atoms with van der Waals surface area (Å²) in [6.07, 6.45) is 0. The largest absolute Gasteiger partial charge is 0.481 e. The van der Waals surface area contributed by atoms with E-state index in [0.717, 1.165) is 4.47 Å². The third-order valence-electron chi connectivity index (χ3n) is 3.66. The van der Waals surface area contributed by atoms with Crippen molar-refractivity contribution in [2.45, 2.75) is 13.8 Å². The summed E-state index contributed by atoms with van der Waals surface area (Å²) in [6.45, 7) is 3.18. The number of aryl methyl sites for hydroxylation is 1. The molecule has 1 aromatic heterocycles. The summed E-state index contributed by atoms with van der Waals surface area (Å²) < 4.78 is 6.01. The number of aliphatic carboxylic acids is 1. The van der Waals surface area contributed by atoms with Gasteiger partial charge in [-0.15, -0.1) is 0 Å². The molecule has 23 heavy (non-hydrogen) atoms. The number of hydrogen-bond donors (Lipinski definition) is 1. The van der Waals surface area contributed by atoms with Crippen LogP contribution in [0.15, 0.2) is 31.9 Å². The number of amides is 1. The first-order valence-corrected chi connectivity index (χ1v) is 7.73. The van der Waals surface area contributed by atoms with Crippen molar-refractivity contribution < 1.29 is 19.1 Å². The number of nitrogens with zero attached hydrogens (tertiary/aromatic N) is 1. The topological polar surface area (TPSA) is 87.8 Å². The second-order valence-electron chi connectivity index (χ2n) is 5.45. The highest BCUT2D eigenvalue weighted by Gasteiger charge is 2.24. The third kappa shape index (κ3) is 3.44. The molecular weight excluding hydrogens is 366 g/mol. The molecule has 0 radical (unpaired) electrons. The lowest BCUT2D eigenvalue weighted by atomic mass is 10.0. The monoisotopic (exact) mass is 381 g/mol. The Bertz CT molecular complexity index is 842. The fourth-order valence-electron chi connectivity index (χ4n) is 2.33. The van der Waals surface area contributed by atoms with Gasteiger partial charge in [-0.2, -0.15) is 0 Å². The Morgan fingerprint density at radius 3 is 2.65 bits per heavy atom. The number of carboxylic acid groups (broad SMARTS) is 1. The van der Waals surface area contributed by atoms with E-state index < -0.39 is 23.4 Å². The number of halogens is 1. The summed E-state index contributed by atoms with van der Waals surface area (Å²) in [5, 5.41) is 9.60. The van der Waals surface area contributed by atoms with Crippen molar-refractivity contribution in [2.75, 3.05) is 13.6 Å². The van der Waals surface area contributed by atoms with Crippen LogP contribution in [0, 0.1) is 12.8 Å². The van der Waals surface area contributed by atoms with Gasteiger partial charge < -0.3 is 14.4 Å². The molecule has 2 aromatic rings. The van der Waals surface area contributed by atoms with Gasteiger partial charge in [0.05, 0.1) is 5.92 Å². The molecule has 0 aliphatic carbocycles. The summed E-state index contributed by atoms with van der Waals surface area (Å²) in [7, 11) is 1.46. The van der Waals surface area contributed by atoms with Crippen LogP contribution >= 0.6 is 15.9 Å². The molecule has 0 fully saturated rings. The Morgan fingerprint density at radius 2 is 2.04 bits per heavy atom. The molecule has 0 saturated heterocycles. The van der Waals surface area contributed by atoms with E-state index in [9.17, 15) is 14.4 Å². The van der Waals surface area contributed by atoms with Gasteiger partial charge in [0.2, 0.25) is 0 Å². The standard InChI is InChI=1S/C16H16BrNO5/c1-8(15(20)21)7-18(3)14(19)13-9(2)11-6-10(17)4-5-12(11)23-16(13)22/h4-6,8H,7H2,1-3H3,(H,20,21). The summed E-state index contributed by atoms with van der Waals surface area (Å²) in [5.41, 5.74) is 0.110. The zero-order valence-electron chi connectivity index (χ0n) is 12.9. The van der Waals surface area contributed by atoms with Crippen LogP contribution in [-0.2, 0) is 4.79 Å². The Labute approximate surface area is 140 Å². The van der Waals surface area contributed by atoms with Gasteiger partial charge in [-0.1, -0.05) is 22.9 Å². The molecule has 1 unspecified atom stereocenters. The summed E-state index contributed by atoms with van der Waals surface area (Å²) in [6, 6.07) is 5.16. The predicted octanol–water partition coefficient (Wildman–Crippen LogP) is 2.66. The molecule has 1 heterocycles. The van der Waals surface area contributed by atoms with Crippen molar-refractivity contribution >= 4 is 38.8 Å². The molecule has 1 atom stereocenters. The minimum atomic E-state index is -1.00. The van der Waals surface area contributed by atoms with Crippen LogP contribution in [0.1, 0.15) is 22.8 Å². The van der Waals surface area contributed by atoms with E-state index in [1.807, 2.05) is 0 Å². The van der Waals surface area contributed by atoms with Crippen molar-refractivity contribution in [1.82, 2.24) is 4.90 Å². The molecule has 0 aliphatic rings. The second kappa shape index (κ2) is 6.54. The average molecular weight is 382 g/mol. The number of fused-ring (bicyclic) bond motifs is 1. The van der Waals surface area contributed by atoms with Gasteiger partial charge in [-0.25, -0.2) is 4.79 Å². The van der Waals surface area contributed by atoms with Crippen molar-refractivity contribution in [3.8, 4) is 0 Å². The first-order valence-electron chi connectivity index (χ1n) is 6.93. The second-order valence-corrected chi connectivity index (χ2v) is 6.37. The highest BCUT2D eigenvalue weighted by Crippen LogP contribution is 2.24. The lowest BCUT2D eigenvalue weighted by Gasteiger charge is -2.20. The van der Waals surface area contributed by atoms with E-state index in [0.29, 0.717) is 16.5 Å². The first kappa shape index (κ1) is 17.2. The SMILES string of the molecule is Cc1c(C(=O)N(C)CC(C)C(=O)O)c(=O)oc2ccc(Br)cc12. The van der Waals surface area contributed by atoms with Crippen LogP contribution in [0.3, 0.4) is 0 Å². The number of benzene rings is 1. The van der Waals surface area contributed by atoms with Crippen molar-refractivity contribution in [1.29, 1.82) is 0 Å². The van der Waals surface area contributed by atoms with Gasteiger partial charge in [-0.3, -0.25) is 9.59 Å². The summed E-state index contributed by atoms with van der Waals surface area (Å²) >= 11 is 3.34. The van der Waals surface area contributed by atoms with Crippen LogP contribution in [0.2, 0.25) is 0 Å². The Morgan fingerprint density at radius 1 is 1.39 bits per heavy atom. The van der Waals surface area contributed by atoms with E-state index in [-0.39, 0.29) is 12.1 Å². The predicted molar refractivity (Wildman–Crippen MR) is 88.7 cm³/mol. The molecule has 7 heteroatoms. The molecule has 0 bridgehead atoms. The van der Waals surface area contributed by atoms with E-state index in [4.69, 9.17) is 9.52 Å². The molecule has 2 rings (SSSR count). The van der Waals surface area contributed by atoms with Gasteiger partial charge in [0.1, 0.15) is 11.1 Å². The quantitative estimate of drug-likeness (QED) is 0.822. The first-order chi connectivity index (χ1) is 10.7. The van der Waals surface area contributed by atoms with E-state index in [2.05, 4.69) is 15.9 Å². The molecule has 0 aliphatic heterocycles. The number of carboxylic acids is 1. The smallest absolute Gasteiger partial charge is 0.349 e. The van der Waals surface area contributed by atoms with Crippen molar-refractivity contribution in [3.63, 3.8) is 0 Å². The van der Waals surface area contributed by atoms with Crippen LogP contribution < -0.4 is 5.63 Å². The van der Waals surface area contributed by atoms with Crippen LogP contribution in [0.5, 0.6) is 0 Å². The lowest BCUT2D eigenvalue weighted by Crippen LogP contribution is -2.36. The fourth-order valence-corrected chi connectivity index (χ4v) is 2.69. The maximum atomic E-state index is 12.5. The Balaban J connectivity index is 2.48. The Kier molecular flexibility index (Phi) is 4.89. The van der Waals surface area contributed by atoms with Crippen LogP contribution in [-0.4, -0.2) is 35.5 Å². The fraction of sp³-hybridized carbons (Fsp3) is 0.312. The maximum absolute atomic E-state index is 12.5. The molecular formula is C16H16BrNO5. The number of hydrogen-bond acceptors (Lipinski definition) is 4. The minimum absolute atomic E-state index is 0.00354. The zero-order chi connectivity index (χ0) is 17.3. The number of carbonyl (C=O) groups excluding carboxylic acids is 1. The summed E-state index contributed by atoms with van der Waals surface area (Å²) in [5.74, 6) is -2.28. The number of carbonyl (C=O) groups is 2. The summed E-state index contributed by atoms with van der Waals surface area (Å²) in [4.78, 5) is 36.8. The van der Waals surface area contributed by atoms with Crippen LogP contribution in [0.4, 0.5) is 0 Å². The average Bonchev–Trinajstić information content (AvgIpc) is 2.47. The van der Waals surface area contributed by atoms with Gasteiger partial charge in [0, 0.05) is 23.5 Å². The van der Waals surface area contributed by atoms with Gasteiger partial charge >= 0.3 is 11.6 Å². The van der Waals surface area contributed by atoms with E-state index >= 15 is 0 Å². The molecule has 1 amide bonds. The number of rotatable bonds is 4. The highest BCUT2D eigenvalue weighted by molar-refractivity contribution is 9.10. The minimum Gasteiger partial charge on any atom is -0.481 e. The third-order valence-corrected chi connectivity index (χ3v) is 4.15. The molecule has 122 valence electrons. The van der Waals surface area contributed by atoms with Crippen molar-refractivity contribution in [2.24, 2.45) is 5.92 Å². The molecule has 1 aromatic carbocycles. The normalized spacial score (nSPS) is 12.2. The molecule has 1 N–H and O–H groups in total. The highest BCUT2D eigenvalue weighted by atomic mass is 79.9.